The van der Waals surface area contributed by atoms with Gasteiger partial charge in [0.05, 0.1) is 26.4 Å². The van der Waals surface area contributed by atoms with Gasteiger partial charge in [-0.1, -0.05) is 309 Å². The van der Waals surface area contributed by atoms with Crippen molar-refractivity contribution in [2.24, 2.45) is 0 Å². The fraction of sp³-hybridized carbons (Fsp3) is 0.701. The normalized spacial score (nSPS) is 14.5. The molecule has 0 saturated carbocycles. The van der Waals surface area contributed by atoms with Crippen LogP contribution in [0.3, 0.4) is 0 Å². The molecule has 0 rings (SSSR count). The van der Waals surface area contributed by atoms with Crippen LogP contribution in [0.2, 0.25) is 0 Å². The average Bonchev–Trinajstić information content (AvgIpc) is 0.909. The van der Waals surface area contributed by atoms with Crippen LogP contribution in [0, 0.1) is 0 Å². The standard InChI is InChI=1S/C87H148O17P2/c1-5-9-13-17-21-25-29-33-37-39-40-42-46-48-52-56-60-64-68-72-85(90)98-78-83(104-87(92)74-70-66-62-58-54-50-44-36-32-28-24-20-16-12-8-4)80-102-106(95,96)100-76-81(88)75-99-105(93,94)101-79-82(103-86(91)73-69-65-61-57-53-49-43-35-31-27-23-19-15-11-7-3)77-97-84(89)71-67-63-59-55-51-47-45-41-38-34-30-26-22-18-14-10-6-2/h9-10,13-14,21-22,25-26,33-35,37-38,40,42-43,45,47-48,52,55,59,81-83,88H,5-8,11-12,15-20,23-24,27-32,36,39,41,44,46,49-51,53-54,56-58,60-80H2,1-4H3,(H,93,94)(H,95,96)/b13-9-,14-10-,25-21-,26-22-,37-33-,38-34-,42-40-,43-35-,47-45-,52-48-,59-55-. The summed E-state index contributed by atoms with van der Waals surface area (Å²) in [5.41, 5.74) is 0. The van der Waals surface area contributed by atoms with E-state index in [0.717, 1.165) is 148 Å². The molecule has 0 spiro atoms. The number of aliphatic hydroxyl groups is 1. The summed E-state index contributed by atoms with van der Waals surface area (Å²) < 4.78 is 68.6. The largest absolute Gasteiger partial charge is 0.472 e. The fourth-order valence-corrected chi connectivity index (χ4v) is 12.4. The summed E-state index contributed by atoms with van der Waals surface area (Å²) in [6.45, 7) is 4.57. The lowest BCUT2D eigenvalue weighted by molar-refractivity contribution is -0.161. The minimum Gasteiger partial charge on any atom is -0.462 e. The Labute approximate surface area is 644 Å². The highest BCUT2D eigenvalue weighted by atomic mass is 31.2. The summed E-state index contributed by atoms with van der Waals surface area (Å²) in [4.78, 5) is 73.1. The molecule has 0 fully saturated rings. The topological polar surface area (TPSA) is 237 Å². The Bertz CT molecular complexity index is 2530. The van der Waals surface area contributed by atoms with Gasteiger partial charge in [-0.15, -0.1) is 0 Å². The van der Waals surface area contributed by atoms with E-state index in [2.05, 4.69) is 149 Å². The zero-order valence-corrected chi connectivity index (χ0v) is 68.4. The van der Waals surface area contributed by atoms with Gasteiger partial charge in [0.2, 0.25) is 0 Å². The molecule has 5 unspecified atom stereocenters. The summed E-state index contributed by atoms with van der Waals surface area (Å²) >= 11 is 0. The van der Waals surface area contributed by atoms with E-state index >= 15 is 0 Å². The first-order valence-corrected chi connectivity index (χ1v) is 44.4. The maximum Gasteiger partial charge on any atom is 0.472 e. The number of hydrogen-bond acceptors (Lipinski definition) is 15. The number of aliphatic hydroxyl groups excluding tert-OH is 1. The lowest BCUT2D eigenvalue weighted by Crippen LogP contribution is -2.30. The molecule has 5 atom stereocenters. The number of hydrogen-bond donors (Lipinski definition) is 3. The maximum atomic E-state index is 13.1. The van der Waals surface area contributed by atoms with Gasteiger partial charge < -0.3 is 33.8 Å². The summed E-state index contributed by atoms with van der Waals surface area (Å²) in [5.74, 6) is -2.28. The Morgan fingerprint density at radius 2 is 0.500 bits per heavy atom. The van der Waals surface area contributed by atoms with E-state index in [1.54, 1.807) is 0 Å². The molecule has 0 radical (unpaired) electrons. The van der Waals surface area contributed by atoms with E-state index in [9.17, 15) is 43.2 Å². The number of esters is 4. The van der Waals surface area contributed by atoms with Crippen molar-refractivity contribution in [2.45, 2.75) is 354 Å². The van der Waals surface area contributed by atoms with Crippen LogP contribution in [-0.4, -0.2) is 96.7 Å². The first-order chi connectivity index (χ1) is 51.7. The molecule has 0 amide bonds. The number of carbonyl (C=O) groups is 4. The van der Waals surface area contributed by atoms with E-state index in [1.807, 2.05) is 12.2 Å². The van der Waals surface area contributed by atoms with Crippen molar-refractivity contribution in [2.75, 3.05) is 39.6 Å². The number of allylic oxidation sites excluding steroid dienone is 22. The van der Waals surface area contributed by atoms with E-state index in [0.29, 0.717) is 32.1 Å². The van der Waals surface area contributed by atoms with Crippen molar-refractivity contribution in [1.29, 1.82) is 0 Å². The third-order valence-corrected chi connectivity index (χ3v) is 19.0. The van der Waals surface area contributed by atoms with Gasteiger partial charge in [-0.3, -0.25) is 37.3 Å². The molecule has 0 heterocycles. The first kappa shape index (κ1) is 101. The van der Waals surface area contributed by atoms with Crippen LogP contribution in [0.4, 0.5) is 0 Å². The molecular weight excluding hydrogens is 1380 g/mol. The molecular formula is C87H148O17P2. The second-order valence-corrected chi connectivity index (χ2v) is 30.2. The average molecular weight is 1530 g/mol. The molecule has 3 N–H and O–H groups in total. The van der Waals surface area contributed by atoms with E-state index < -0.39 is 97.5 Å². The summed E-state index contributed by atoms with van der Waals surface area (Å²) in [6.07, 6.45) is 88.6. The lowest BCUT2D eigenvalue weighted by atomic mass is 10.0. The summed E-state index contributed by atoms with van der Waals surface area (Å²) in [6, 6.07) is 0. The number of phosphoric acid groups is 2. The van der Waals surface area contributed by atoms with Crippen molar-refractivity contribution >= 4 is 39.5 Å². The van der Waals surface area contributed by atoms with Crippen molar-refractivity contribution in [1.82, 2.24) is 0 Å². The van der Waals surface area contributed by atoms with Gasteiger partial charge in [0.1, 0.15) is 19.3 Å². The van der Waals surface area contributed by atoms with Gasteiger partial charge in [0, 0.05) is 25.7 Å². The Balaban J connectivity index is 5.44. The Hall–Kier alpha value is -4.80. The van der Waals surface area contributed by atoms with Crippen LogP contribution in [0.5, 0.6) is 0 Å². The van der Waals surface area contributed by atoms with Crippen LogP contribution in [0.25, 0.3) is 0 Å². The number of phosphoric ester groups is 2. The van der Waals surface area contributed by atoms with Gasteiger partial charge in [-0.2, -0.15) is 0 Å². The van der Waals surface area contributed by atoms with Crippen LogP contribution in [-0.2, 0) is 65.4 Å². The molecule has 106 heavy (non-hydrogen) atoms. The maximum absolute atomic E-state index is 13.1. The van der Waals surface area contributed by atoms with Crippen molar-refractivity contribution in [3.63, 3.8) is 0 Å². The minimum atomic E-state index is -5.00. The Morgan fingerprint density at radius 3 is 0.811 bits per heavy atom. The SMILES string of the molecule is CC/C=C\C/C=C\C/C=C\C/C=C\C/C=C\CCCCCC(=O)OCC(COP(=O)(O)OCC(O)COP(=O)(O)OCC(COC(=O)CCC/C=C\C/C=C\C/C=C\C/C=C\C/C=C\CC)OC(=O)CCCCCCC/C=C\CCCCCCCC)OC(=O)CCCCCCCCCCCCCCCCC. The minimum absolute atomic E-state index is 0.0704. The highest BCUT2D eigenvalue weighted by Gasteiger charge is 2.30. The molecule has 0 aromatic heterocycles. The fourth-order valence-electron chi connectivity index (χ4n) is 10.9. The zero-order chi connectivity index (χ0) is 77.4. The Kier molecular flexibility index (Phi) is 74.8. The van der Waals surface area contributed by atoms with Crippen molar-refractivity contribution in [3.05, 3.63) is 134 Å². The molecule has 0 saturated heterocycles. The van der Waals surface area contributed by atoms with E-state index in [-0.39, 0.29) is 25.7 Å². The Morgan fingerprint density at radius 1 is 0.274 bits per heavy atom. The second-order valence-electron chi connectivity index (χ2n) is 27.3. The predicted octanol–water partition coefficient (Wildman–Crippen LogP) is 24.4. The summed E-state index contributed by atoms with van der Waals surface area (Å²) in [7, 11) is -9.99. The molecule has 0 aromatic carbocycles. The van der Waals surface area contributed by atoms with Gasteiger partial charge in [-0.25, -0.2) is 9.13 Å². The van der Waals surface area contributed by atoms with Crippen LogP contribution >= 0.6 is 15.6 Å². The molecule has 0 aliphatic rings. The first-order valence-electron chi connectivity index (χ1n) is 41.4. The van der Waals surface area contributed by atoms with Gasteiger partial charge in [-0.05, 0) is 135 Å². The van der Waals surface area contributed by atoms with Crippen LogP contribution in [0.1, 0.15) is 336 Å². The van der Waals surface area contributed by atoms with Gasteiger partial charge in [0.15, 0.2) is 12.2 Å². The van der Waals surface area contributed by atoms with Gasteiger partial charge >= 0.3 is 39.5 Å². The third-order valence-electron chi connectivity index (χ3n) is 17.1. The highest BCUT2D eigenvalue weighted by molar-refractivity contribution is 7.47. The van der Waals surface area contributed by atoms with E-state index in [4.69, 9.17) is 37.0 Å². The highest BCUT2D eigenvalue weighted by Crippen LogP contribution is 2.45. The third kappa shape index (κ3) is 77.4. The van der Waals surface area contributed by atoms with Crippen molar-refractivity contribution in [3.8, 4) is 0 Å². The smallest absolute Gasteiger partial charge is 0.462 e. The molecule has 17 nitrogen and oxygen atoms in total. The van der Waals surface area contributed by atoms with Crippen LogP contribution in [0.15, 0.2) is 134 Å². The molecule has 0 aromatic rings. The number of unbranched alkanes of at least 4 members (excludes halogenated alkanes) is 29. The number of ether oxygens (including phenoxy) is 4. The van der Waals surface area contributed by atoms with Crippen molar-refractivity contribution < 1.29 is 80.2 Å². The molecule has 0 bridgehead atoms. The number of carbonyl (C=O) groups excluding carboxylic acids is 4. The van der Waals surface area contributed by atoms with E-state index in [1.165, 1.54) is 103 Å². The predicted molar refractivity (Wildman–Crippen MR) is 436 cm³/mol. The lowest BCUT2D eigenvalue weighted by Gasteiger charge is -2.21. The van der Waals surface area contributed by atoms with Crippen LogP contribution < -0.4 is 0 Å². The second kappa shape index (κ2) is 78.3. The molecule has 608 valence electrons. The molecule has 0 aliphatic heterocycles. The zero-order valence-electron chi connectivity index (χ0n) is 66.6. The molecule has 19 heteroatoms. The summed E-state index contributed by atoms with van der Waals surface area (Å²) in [5, 5.41) is 10.7. The number of rotatable bonds is 77. The van der Waals surface area contributed by atoms with Gasteiger partial charge in [0.25, 0.3) is 0 Å². The monoisotopic (exact) mass is 1530 g/mol. The quantitative estimate of drug-likeness (QED) is 0.0169. The molecule has 0 aliphatic carbocycles.